The van der Waals surface area contributed by atoms with Crippen molar-refractivity contribution in [1.29, 1.82) is 0 Å². The first-order valence-corrected chi connectivity index (χ1v) is 8.44. The maximum absolute atomic E-state index is 12.3. The molecule has 3 N–H and O–H groups in total. The van der Waals surface area contributed by atoms with Crippen LogP contribution in [0.5, 0.6) is 0 Å². The van der Waals surface area contributed by atoms with E-state index in [1.807, 2.05) is 6.92 Å². The average Bonchev–Trinajstić information content (AvgIpc) is 2.96. The van der Waals surface area contributed by atoms with Crippen molar-refractivity contribution in [3.8, 4) is 0 Å². The summed E-state index contributed by atoms with van der Waals surface area (Å²) >= 11 is 0. The predicted octanol–water partition coefficient (Wildman–Crippen LogP) is 0.546. The van der Waals surface area contributed by atoms with Crippen LogP contribution in [-0.2, 0) is 10.0 Å². The first kappa shape index (κ1) is 17.7. The molecule has 120 valence electrons. The quantitative estimate of drug-likeness (QED) is 0.651. The minimum atomic E-state index is -3.58. The lowest BCUT2D eigenvalue weighted by Gasteiger charge is -2.17. The number of carbonyl (C=O) groups is 1. The van der Waals surface area contributed by atoms with E-state index < -0.39 is 15.9 Å². The van der Waals surface area contributed by atoms with Gasteiger partial charge in [0.2, 0.25) is 10.0 Å². The van der Waals surface area contributed by atoms with Gasteiger partial charge in [0, 0.05) is 19.3 Å². The first-order chi connectivity index (χ1) is 9.90. The summed E-state index contributed by atoms with van der Waals surface area (Å²) in [5, 5.41) is 11.7. The minimum absolute atomic E-state index is 0.0633. The summed E-state index contributed by atoms with van der Waals surface area (Å²) in [7, 11) is -3.58. The molecule has 1 rings (SSSR count). The van der Waals surface area contributed by atoms with Crippen molar-refractivity contribution in [3.05, 3.63) is 18.0 Å². The molecule has 0 saturated heterocycles. The van der Waals surface area contributed by atoms with Gasteiger partial charge in [-0.2, -0.15) is 4.31 Å². The first-order valence-electron chi connectivity index (χ1n) is 7.00. The number of aromatic nitrogens is 1. The molecule has 0 fully saturated rings. The van der Waals surface area contributed by atoms with E-state index in [1.165, 1.54) is 16.6 Å². The van der Waals surface area contributed by atoms with Crippen LogP contribution in [0.1, 0.15) is 37.7 Å². The Balaban J connectivity index is 2.93. The molecule has 7 nitrogen and oxygen atoms in total. The molecule has 0 bridgehead atoms. The van der Waals surface area contributed by atoms with E-state index in [1.54, 1.807) is 13.8 Å². The monoisotopic (exact) mass is 317 g/mol. The highest BCUT2D eigenvalue weighted by atomic mass is 32.2. The van der Waals surface area contributed by atoms with Crippen LogP contribution in [0.4, 0.5) is 0 Å². The second-order valence-corrected chi connectivity index (χ2v) is 6.54. The Morgan fingerprint density at radius 3 is 2.48 bits per heavy atom. The van der Waals surface area contributed by atoms with Crippen molar-refractivity contribution in [1.82, 2.24) is 14.6 Å². The second-order valence-electron chi connectivity index (χ2n) is 4.60. The molecule has 1 aromatic rings. The number of sulfonamides is 1. The van der Waals surface area contributed by atoms with Gasteiger partial charge in [0.25, 0.3) is 5.91 Å². The molecule has 0 aliphatic rings. The molecule has 1 heterocycles. The number of aliphatic hydroxyl groups excluding tert-OH is 1. The van der Waals surface area contributed by atoms with Crippen molar-refractivity contribution in [2.75, 3.05) is 19.7 Å². The molecule has 1 atom stereocenters. The summed E-state index contributed by atoms with van der Waals surface area (Å²) in [5.41, 5.74) is 0.160. The maximum Gasteiger partial charge on any atom is 0.268 e. The van der Waals surface area contributed by atoms with Crippen LogP contribution < -0.4 is 5.32 Å². The Morgan fingerprint density at radius 2 is 2.00 bits per heavy atom. The van der Waals surface area contributed by atoms with Crippen LogP contribution >= 0.6 is 0 Å². The zero-order valence-electron chi connectivity index (χ0n) is 12.6. The van der Waals surface area contributed by atoms with Gasteiger partial charge in [-0.1, -0.05) is 20.8 Å². The zero-order chi connectivity index (χ0) is 16.0. The molecular formula is C13H23N3O4S. The number of nitrogens with one attached hydrogen (secondary N) is 2. The molecule has 0 aromatic carbocycles. The Morgan fingerprint density at radius 1 is 1.38 bits per heavy atom. The normalized spacial score (nSPS) is 13.4. The number of amides is 1. The smallest absolute Gasteiger partial charge is 0.268 e. The van der Waals surface area contributed by atoms with E-state index in [0.29, 0.717) is 19.5 Å². The number of hydrogen-bond donors (Lipinski definition) is 3. The van der Waals surface area contributed by atoms with E-state index in [2.05, 4.69) is 10.3 Å². The Kier molecular flexibility index (Phi) is 6.38. The summed E-state index contributed by atoms with van der Waals surface area (Å²) < 4.78 is 25.9. The fraction of sp³-hybridized carbons (Fsp3) is 0.615. The number of nitrogens with zero attached hydrogens (tertiary/aromatic N) is 1. The molecule has 0 aliphatic heterocycles. The maximum atomic E-state index is 12.3. The Hall–Kier alpha value is -1.38. The highest BCUT2D eigenvalue weighted by Gasteiger charge is 2.24. The van der Waals surface area contributed by atoms with Crippen molar-refractivity contribution in [3.63, 3.8) is 0 Å². The van der Waals surface area contributed by atoms with Gasteiger partial charge >= 0.3 is 0 Å². The summed E-state index contributed by atoms with van der Waals surface area (Å²) in [6.07, 6.45) is 1.90. The third-order valence-electron chi connectivity index (χ3n) is 3.29. The van der Waals surface area contributed by atoms with Gasteiger partial charge in [-0.25, -0.2) is 8.42 Å². The van der Waals surface area contributed by atoms with Crippen molar-refractivity contribution >= 4 is 15.9 Å². The number of aliphatic hydroxyl groups is 1. The SMILES string of the molecule is CCC(CO)NC(=O)c1cc(S(=O)(=O)N(CC)CC)c[nH]1. The third kappa shape index (κ3) is 4.05. The largest absolute Gasteiger partial charge is 0.394 e. The molecule has 8 heteroatoms. The highest BCUT2D eigenvalue weighted by molar-refractivity contribution is 7.89. The fourth-order valence-corrected chi connectivity index (χ4v) is 3.36. The van der Waals surface area contributed by atoms with Crippen LogP contribution in [0.25, 0.3) is 0 Å². The summed E-state index contributed by atoms with van der Waals surface area (Å²) in [5.74, 6) is -0.433. The Labute approximate surface area is 125 Å². The number of rotatable bonds is 8. The van der Waals surface area contributed by atoms with Gasteiger partial charge in [0.05, 0.1) is 12.6 Å². The number of aromatic amines is 1. The van der Waals surface area contributed by atoms with E-state index in [9.17, 15) is 13.2 Å². The van der Waals surface area contributed by atoms with Crippen LogP contribution in [-0.4, -0.2) is 54.5 Å². The molecule has 0 radical (unpaired) electrons. The van der Waals surface area contributed by atoms with Gasteiger partial charge in [-0.15, -0.1) is 0 Å². The molecule has 1 amide bonds. The summed E-state index contributed by atoms with van der Waals surface area (Å²) in [4.78, 5) is 14.7. The molecule has 1 unspecified atom stereocenters. The van der Waals surface area contributed by atoms with Crippen LogP contribution in [0.3, 0.4) is 0 Å². The van der Waals surface area contributed by atoms with Gasteiger partial charge in [0.1, 0.15) is 10.6 Å². The number of hydrogen-bond acceptors (Lipinski definition) is 4. The molecule has 21 heavy (non-hydrogen) atoms. The zero-order valence-corrected chi connectivity index (χ0v) is 13.4. The van der Waals surface area contributed by atoms with Gasteiger partial charge in [-0.05, 0) is 12.5 Å². The van der Waals surface area contributed by atoms with Crippen molar-refractivity contribution < 1.29 is 18.3 Å². The lowest BCUT2D eigenvalue weighted by atomic mass is 10.2. The molecule has 0 saturated carbocycles. The third-order valence-corrected chi connectivity index (χ3v) is 5.32. The van der Waals surface area contributed by atoms with Crippen LogP contribution in [0, 0.1) is 0 Å². The number of carbonyl (C=O) groups excluding carboxylic acids is 1. The lowest BCUT2D eigenvalue weighted by molar-refractivity contribution is 0.0910. The van der Waals surface area contributed by atoms with Crippen molar-refractivity contribution in [2.45, 2.75) is 38.1 Å². The molecule has 0 spiro atoms. The Bertz CT molecular complexity index is 560. The van der Waals surface area contributed by atoms with E-state index >= 15 is 0 Å². The lowest BCUT2D eigenvalue weighted by Crippen LogP contribution is -2.37. The topological polar surface area (TPSA) is 102 Å². The predicted molar refractivity (Wildman–Crippen MR) is 79.5 cm³/mol. The second kappa shape index (κ2) is 7.58. The summed E-state index contributed by atoms with van der Waals surface area (Å²) in [6.45, 7) is 5.93. The van der Waals surface area contributed by atoms with E-state index in [-0.39, 0.29) is 23.2 Å². The van der Waals surface area contributed by atoms with Crippen molar-refractivity contribution in [2.24, 2.45) is 0 Å². The van der Waals surface area contributed by atoms with Crippen LogP contribution in [0.2, 0.25) is 0 Å². The minimum Gasteiger partial charge on any atom is -0.394 e. The standard InChI is InChI=1S/C13H23N3O4S/c1-4-10(9-17)15-13(18)12-7-11(8-14-12)21(19,20)16(5-2)6-3/h7-8,10,14,17H,4-6,9H2,1-3H3,(H,15,18). The average molecular weight is 317 g/mol. The fourth-order valence-electron chi connectivity index (χ4n) is 1.91. The van der Waals surface area contributed by atoms with E-state index in [0.717, 1.165) is 0 Å². The van der Waals surface area contributed by atoms with Gasteiger partial charge < -0.3 is 15.4 Å². The van der Waals surface area contributed by atoms with Crippen LogP contribution in [0.15, 0.2) is 17.2 Å². The molecule has 1 aromatic heterocycles. The molecular weight excluding hydrogens is 294 g/mol. The molecule has 0 aliphatic carbocycles. The van der Waals surface area contributed by atoms with Gasteiger partial charge in [-0.3, -0.25) is 4.79 Å². The van der Waals surface area contributed by atoms with Gasteiger partial charge in [0.15, 0.2) is 0 Å². The number of H-pyrrole nitrogens is 1. The van der Waals surface area contributed by atoms with E-state index in [4.69, 9.17) is 5.11 Å². The highest BCUT2D eigenvalue weighted by Crippen LogP contribution is 2.16. The summed E-state index contributed by atoms with van der Waals surface area (Å²) in [6, 6.07) is 0.969.